The van der Waals surface area contributed by atoms with Gasteiger partial charge in [0.1, 0.15) is 23.2 Å². The van der Waals surface area contributed by atoms with E-state index in [1.54, 1.807) is 0 Å². The van der Waals surface area contributed by atoms with Crippen molar-refractivity contribution >= 4 is 16.9 Å². The average Bonchev–Trinajstić information content (AvgIpc) is 2.99. The van der Waals surface area contributed by atoms with Crippen LogP contribution in [0.15, 0.2) is 24.2 Å². The minimum atomic E-state index is -1.19. The molecule has 2 aromatic heterocycles. The van der Waals surface area contributed by atoms with E-state index in [1.165, 1.54) is 17.0 Å². The standard InChI is InChI=1S/C12H13FN4O3/c13-6-2-15-12(14)8-9(6)17(4-16-8)7-1-5(3-18)10(19)11(7)20/h1-2,4,7,10-11,18-20H,3H2,(H2,14,15)/t7-,10-,11+/m1/s1. The molecular formula is C12H13FN4O3. The van der Waals surface area contributed by atoms with E-state index in [2.05, 4.69) is 9.97 Å². The first-order valence-electron chi connectivity index (χ1n) is 5.98. The van der Waals surface area contributed by atoms with Crippen molar-refractivity contribution in [2.75, 3.05) is 12.3 Å². The molecule has 7 nitrogen and oxygen atoms in total. The van der Waals surface area contributed by atoms with Crippen molar-refractivity contribution in [1.82, 2.24) is 14.5 Å². The van der Waals surface area contributed by atoms with Crippen LogP contribution in [0.3, 0.4) is 0 Å². The second kappa shape index (κ2) is 4.51. The molecule has 0 aliphatic heterocycles. The molecule has 106 valence electrons. The molecule has 2 heterocycles. The van der Waals surface area contributed by atoms with Gasteiger partial charge in [-0.3, -0.25) is 0 Å². The predicted molar refractivity (Wildman–Crippen MR) is 68.1 cm³/mol. The lowest BCUT2D eigenvalue weighted by molar-refractivity contribution is 0.0288. The first kappa shape index (κ1) is 13.0. The van der Waals surface area contributed by atoms with Crippen molar-refractivity contribution in [2.45, 2.75) is 18.2 Å². The molecule has 0 radical (unpaired) electrons. The van der Waals surface area contributed by atoms with Crippen LogP contribution in [-0.2, 0) is 0 Å². The molecule has 0 bridgehead atoms. The first-order chi connectivity index (χ1) is 9.54. The highest BCUT2D eigenvalue weighted by atomic mass is 19.1. The summed E-state index contributed by atoms with van der Waals surface area (Å²) in [5.74, 6) is -0.543. The number of anilines is 1. The molecule has 0 fully saturated rings. The molecule has 20 heavy (non-hydrogen) atoms. The summed E-state index contributed by atoms with van der Waals surface area (Å²) >= 11 is 0. The lowest BCUT2D eigenvalue weighted by Crippen LogP contribution is -2.30. The minimum Gasteiger partial charge on any atom is -0.392 e. The molecule has 5 N–H and O–H groups in total. The zero-order valence-corrected chi connectivity index (χ0v) is 10.3. The number of aliphatic hydroxyl groups is 3. The maximum Gasteiger partial charge on any atom is 0.167 e. The van der Waals surface area contributed by atoms with Gasteiger partial charge in [-0.05, 0) is 5.57 Å². The van der Waals surface area contributed by atoms with Gasteiger partial charge in [-0.25, -0.2) is 14.4 Å². The molecule has 0 unspecified atom stereocenters. The number of hydrogen-bond acceptors (Lipinski definition) is 6. The number of nitrogens with two attached hydrogens (primary N) is 1. The largest absolute Gasteiger partial charge is 0.392 e. The van der Waals surface area contributed by atoms with E-state index in [0.29, 0.717) is 0 Å². The predicted octanol–water partition coefficient (Wildman–Crippen LogP) is -0.652. The van der Waals surface area contributed by atoms with Crippen LogP contribution in [-0.4, -0.2) is 48.7 Å². The lowest BCUT2D eigenvalue weighted by Gasteiger charge is -2.19. The van der Waals surface area contributed by atoms with Gasteiger partial charge in [0.25, 0.3) is 0 Å². The summed E-state index contributed by atoms with van der Waals surface area (Å²) in [6, 6.07) is -0.728. The Balaban J connectivity index is 2.17. The van der Waals surface area contributed by atoms with Gasteiger partial charge in [0, 0.05) is 0 Å². The van der Waals surface area contributed by atoms with E-state index in [0.717, 1.165) is 6.20 Å². The number of imidazole rings is 1. The maximum atomic E-state index is 13.9. The van der Waals surface area contributed by atoms with Crippen molar-refractivity contribution in [1.29, 1.82) is 0 Å². The molecule has 0 amide bonds. The molecule has 0 spiro atoms. The second-order valence-corrected chi connectivity index (χ2v) is 4.67. The number of hydrogen-bond donors (Lipinski definition) is 4. The van der Waals surface area contributed by atoms with Gasteiger partial charge >= 0.3 is 0 Å². The summed E-state index contributed by atoms with van der Waals surface area (Å²) in [6.07, 6.45) is 1.41. The van der Waals surface area contributed by atoms with Crippen LogP contribution in [0, 0.1) is 5.82 Å². The van der Waals surface area contributed by atoms with Gasteiger partial charge in [-0.2, -0.15) is 0 Å². The molecule has 0 saturated heterocycles. The Morgan fingerprint density at radius 3 is 2.75 bits per heavy atom. The zero-order valence-electron chi connectivity index (χ0n) is 10.3. The first-order valence-corrected chi connectivity index (χ1v) is 5.98. The van der Waals surface area contributed by atoms with Crippen molar-refractivity contribution in [2.24, 2.45) is 0 Å². The van der Waals surface area contributed by atoms with Crippen molar-refractivity contribution in [3.05, 3.63) is 30.0 Å². The van der Waals surface area contributed by atoms with Crippen LogP contribution >= 0.6 is 0 Å². The monoisotopic (exact) mass is 280 g/mol. The molecule has 3 rings (SSSR count). The topological polar surface area (TPSA) is 117 Å². The normalized spacial score (nSPS) is 26.2. The average molecular weight is 280 g/mol. The summed E-state index contributed by atoms with van der Waals surface area (Å²) in [6.45, 7) is -0.381. The number of pyridine rings is 1. The zero-order chi connectivity index (χ0) is 14.4. The van der Waals surface area contributed by atoms with Gasteiger partial charge in [-0.15, -0.1) is 0 Å². The van der Waals surface area contributed by atoms with E-state index in [1.807, 2.05) is 0 Å². The van der Waals surface area contributed by atoms with Crippen LogP contribution in [0.5, 0.6) is 0 Å². The molecule has 3 atom stereocenters. The number of nitrogen functional groups attached to an aromatic ring is 1. The number of aliphatic hydroxyl groups excluding tert-OH is 3. The number of halogens is 1. The van der Waals surface area contributed by atoms with E-state index >= 15 is 0 Å². The highest BCUT2D eigenvalue weighted by Crippen LogP contribution is 2.33. The Bertz CT molecular complexity index is 699. The van der Waals surface area contributed by atoms with E-state index in [4.69, 9.17) is 10.8 Å². The third kappa shape index (κ3) is 1.69. The second-order valence-electron chi connectivity index (χ2n) is 4.67. The Labute approximate surface area is 112 Å². The van der Waals surface area contributed by atoms with Crippen LogP contribution < -0.4 is 5.73 Å². The van der Waals surface area contributed by atoms with Crippen molar-refractivity contribution in [3.8, 4) is 0 Å². The Morgan fingerprint density at radius 1 is 1.35 bits per heavy atom. The summed E-state index contributed by atoms with van der Waals surface area (Å²) in [5, 5.41) is 28.9. The lowest BCUT2D eigenvalue weighted by atomic mass is 10.1. The summed E-state index contributed by atoms with van der Waals surface area (Å²) in [7, 11) is 0. The van der Waals surface area contributed by atoms with Crippen molar-refractivity contribution < 1.29 is 19.7 Å². The highest BCUT2D eigenvalue weighted by molar-refractivity contribution is 5.85. The fourth-order valence-electron chi connectivity index (χ4n) is 2.47. The molecule has 0 aromatic carbocycles. The van der Waals surface area contributed by atoms with Gasteiger partial charge in [0.05, 0.1) is 25.2 Å². The van der Waals surface area contributed by atoms with Crippen LogP contribution in [0.2, 0.25) is 0 Å². The van der Waals surface area contributed by atoms with Crippen LogP contribution in [0.25, 0.3) is 11.0 Å². The van der Waals surface area contributed by atoms with E-state index < -0.39 is 24.1 Å². The third-order valence-corrected chi connectivity index (χ3v) is 3.52. The Hall–Kier alpha value is -2.03. The molecule has 1 aliphatic rings. The summed E-state index contributed by atoms with van der Waals surface area (Å²) < 4.78 is 15.3. The van der Waals surface area contributed by atoms with Gasteiger partial charge < -0.3 is 25.6 Å². The molecule has 2 aromatic rings. The maximum absolute atomic E-state index is 13.9. The van der Waals surface area contributed by atoms with Gasteiger partial charge in [0.15, 0.2) is 11.6 Å². The molecule has 8 heteroatoms. The molecular weight excluding hydrogens is 267 g/mol. The fourth-order valence-corrected chi connectivity index (χ4v) is 2.47. The fraction of sp³-hybridized carbons (Fsp3) is 0.333. The Kier molecular flexibility index (Phi) is 2.93. The molecule has 1 aliphatic carbocycles. The van der Waals surface area contributed by atoms with Gasteiger partial charge in [-0.1, -0.05) is 6.08 Å². The van der Waals surface area contributed by atoms with E-state index in [9.17, 15) is 14.6 Å². The third-order valence-electron chi connectivity index (χ3n) is 3.52. The Morgan fingerprint density at radius 2 is 2.10 bits per heavy atom. The van der Waals surface area contributed by atoms with E-state index in [-0.39, 0.29) is 29.0 Å². The number of fused-ring (bicyclic) bond motifs is 1. The van der Waals surface area contributed by atoms with Gasteiger partial charge in [0.2, 0.25) is 0 Å². The highest BCUT2D eigenvalue weighted by Gasteiger charge is 2.36. The summed E-state index contributed by atoms with van der Waals surface area (Å²) in [4.78, 5) is 7.66. The SMILES string of the molecule is Nc1ncc(F)c2c1ncn2[C@@H]1C=C(CO)[C@@H](O)[C@H]1O. The number of nitrogens with zero attached hydrogens (tertiary/aromatic N) is 3. The van der Waals surface area contributed by atoms with Crippen LogP contribution in [0.4, 0.5) is 10.2 Å². The number of rotatable bonds is 2. The smallest absolute Gasteiger partial charge is 0.167 e. The number of aromatic nitrogens is 3. The van der Waals surface area contributed by atoms with Crippen LogP contribution in [0.1, 0.15) is 6.04 Å². The quantitative estimate of drug-likeness (QED) is 0.543. The van der Waals surface area contributed by atoms with Crippen molar-refractivity contribution in [3.63, 3.8) is 0 Å². The molecule has 0 saturated carbocycles. The minimum absolute atomic E-state index is 0.0829. The summed E-state index contributed by atoms with van der Waals surface area (Å²) in [5.41, 5.74) is 6.21.